The van der Waals surface area contributed by atoms with Crippen LogP contribution in [0, 0.1) is 0 Å². The highest BCUT2D eigenvalue weighted by Gasteiger charge is 2.33. The fraction of sp³-hybridized carbons (Fsp3) is 0.188. The van der Waals surface area contributed by atoms with Crippen LogP contribution in [0.2, 0.25) is 0 Å². The monoisotopic (exact) mass is 316 g/mol. The molecular weight excluding hydrogens is 300 g/mol. The molecule has 114 valence electrons. The average Bonchev–Trinajstić information content (AvgIpc) is 2.89. The lowest BCUT2D eigenvalue weighted by molar-refractivity contribution is -0.118. The highest BCUT2D eigenvalue weighted by atomic mass is 32.2. The third kappa shape index (κ3) is 2.75. The zero-order valence-electron chi connectivity index (χ0n) is 11.8. The Hall–Kier alpha value is -2.18. The van der Waals surface area contributed by atoms with E-state index < -0.39 is 10.0 Å². The highest BCUT2D eigenvalue weighted by molar-refractivity contribution is 7.89. The number of hydrogen-bond donors (Lipinski definition) is 1. The molecule has 0 bridgehead atoms. The Balaban J connectivity index is 1.84. The Morgan fingerprint density at radius 2 is 1.64 bits per heavy atom. The molecule has 6 heteroatoms. The van der Waals surface area contributed by atoms with E-state index in [1.807, 2.05) is 30.3 Å². The van der Waals surface area contributed by atoms with Gasteiger partial charge in [0.25, 0.3) is 0 Å². The van der Waals surface area contributed by atoms with Crippen LogP contribution < -0.4 is 10.0 Å². The van der Waals surface area contributed by atoms with E-state index in [4.69, 9.17) is 5.14 Å². The van der Waals surface area contributed by atoms with E-state index in [0.717, 1.165) is 12.0 Å². The third-order valence-electron chi connectivity index (χ3n) is 3.88. The van der Waals surface area contributed by atoms with Crippen molar-refractivity contribution >= 4 is 21.6 Å². The second-order valence-electron chi connectivity index (χ2n) is 5.28. The molecule has 3 rings (SSSR count). The van der Waals surface area contributed by atoms with E-state index in [1.165, 1.54) is 12.1 Å². The molecule has 2 aromatic carbocycles. The van der Waals surface area contributed by atoms with Crippen LogP contribution in [0.15, 0.2) is 59.5 Å². The SMILES string of the molecule is NS(=O)(=O)c1ccc(N2CCC(c3ccccc3)C2=O)cc1. The molecule has 0 aliphatic carbocycles. The Bertz CT molecular complexity index is 786. The Morgan fingerprint density at radius 3 is 2.23 bits per heavy atom. The molecule has 2 N–H and O–H groups in total. The van der Waals surface area contributed by atoms with Crippen molar-refractivity contribution in [1.29, 1.82) is 0 Å². The largest absolute Gasteiger partial charge is 0.312 e. The molecule has 0 spiro atoms. The van der Waals surface area contributed by atoms with Gasteiger partial charge < -0.3 is 4.90 Å². The van der Waals surface area contributed by atoms with Crippen LogP contribution in [0.1, 0.15) is 17.9 Å². The summed E-state index contributed by atoms with van der Waals surface area (Å²) in [4.78, 5) is 14.3. The van der Waals surface area contributed by atoms with Crippen LogP contribution in [0.3, 0.4) is 0 Å². The first kappa shape index (κ1) is 14.7. The molecule has 0 aromatic heterocycles. The summed E-state index contributed by atoms with van der Waals surface area (Å²) in [7, 11) is -3.71. The smallest absolute Gasteiger partial charge is 0.238 e. The third-order valence-corrected chi connectivity index (χ3v) is 4.81. The minimum atomic E-state index is -3.71. The second kappa shape index (κ2) is 5.55. The zero-order chi connectivity index (χ0) is 15.7. The summed E-state index contributed by atoms with van der Waals surface area (Å²) in [6.07, 6.45) is 0.750. The van der Waals surface area contributed by atoms with Gasteiger partial charge in [0.1, 0.15) is 0 Å². The minimum absolute atomic E-state index is 0.0366. The fourth-order valence-corrected chi connectivity index (χ4v) is 3.26. The first-order chi connectivity index (χ1) is 10.5. The summed E-state index contributed by atoms with van der Waals surface area (Å²) in [5.74, 6) is -0.103. The quantitative estimate of drug-likeness (QED) is 0.938. The molecular formula is C16H16N2O3S. The number of hydrogen-bond acceptors (Lipinski definition) is 3. The van der Waals surface area contributed by atoms with Gasteiger partial charge in [-0.1, -0.05) is 30.3 Å². The summed E-state index contributed by atoms with van der Waals surface area (Å²) < 4.78 is 22.5. The number of amides is 1. The molecule has 5 nitrogen and oxygen atoms in total. The van der Waals surface area contributed by atoms with Gasteiger partial charge in [-0.25, -0.2) is 13.6 Å². The zero-order valence-corrected chi connectivity index (χ0v) is 12.7. The van der Waals surface area contributed by atoms with E-state index >= 15 is 0 Å². The first-order valence-electron chi connectivity index (χ1n) is 6.96. The average molecular weight is 316 g/mol. The van der Waals surface area contributed by atoms with Gasteiger partial charge in [0.2, 0.25) is 15.9 Å². The summed E-state index contributed by atoms with van der Waals surface area (Å²) >= 11 is 0. The van der Waals surface area contributed by atoms with E-state index in [9.17, 15) is 13.2 Å². The number of nitrogens with two attached hydrogens (primary N) is 1. The van der Waals surface area contributed by atoms with Crippen LogP contribution in [-0.2, 0) is 14.8 Å². The van der Waals surface area contributed by atoms with Crippen LogP contribution in [0.25, 0.3) is 0 Å². The Kier molecular flexibility index (Phi) is 3.72. The van der Waals surface area contributed by atoms with Gasteiger partial charge in [-0.2, -0.15) is 0 Å². The molecule has 1 fully saturated rings. The van der Waals surface area contributed by atoms with E-state index in [0.29, 0.717) is 12.2 Å². The number of sulfonamides is 1. The Labute approximate surface area is 129 Å². The predicted molar refractivity (Wildman–Crippen MR) is 84.0 cm³/mol. The molecule has 1 unspecified atom stereocenters. The summed E-state index contributed by atoms with van der Waals surface area (Å²) in [5, 5.41) is 5.08. The summed E-state index contributed by atoms with van der Waals surface area (Å²) in [6, 6.07) is 15.8. The molecule has 22 heavy (non-hydrogen) atoms. The van der Waals surface area contributed by atoms with Gasteiger partial charge in [0, 0.05) is 12.2 Å². The number of primary sulfonamides is 1. The molecule has 2 aromatic rings. The maximum atomic E-state index is 12.6. The molecule has 1 atom stereocenters. The lowest BCUT2D eigenvalue weighted by atomic mass is 9.98. The molecule has 1 heterocycles. The van der Waals surface area contributed by atoms with Crippen molar-refractivity contribution in [3.8, 4) is 0 Å². The van der Waals surface area contributed by atoms with Crippen molar-refractivity contribution in [3.63, 3.8) is 0 Å². The molecule has 0 radical (unpaired) electrons. The van der Waals surface area contributed by atoms with Crippen molar-refractivity contribution in [2.75, 3.05) is 11.4 Å². The maximum Gasteiger partial charge on any atom is 0.238 e. The second-order valence-corrected chi connectivity index (χ2v) is 6.84. The normalized spacial score (nSPS) is 18.7. The number of anilines is 1. The van der Waals surface area contributed by atoms with Gasteiger partial charge >= 0.3 is 0 Å². The number of nitrogens with zero attached hydrogens (tertiary/aromatic N) is 1. The van der Waals surface area contributed by atoms with Gasteiger partial charge in [0.15, 0.2) is 0 Å². The van der Waals surface area contributed by atoms with E-state index in [-0.39, 0.29) is 16.7 Å². The minimum Gasteiger partial charge on any atom is -0.312 e. The predicted octanol–water partition coefficient (Wildman–Crippen LogP) is 1.85. The summed E-state index contributed by atoms with van der Waals surface area (Å²) in [5.41, 5.74) is 1.70. The molecule has 0 saturated carbocycles. The van der Waals surface area contributed by atoms with Gasteiger partial charge in [-0.3, -0.25) is 4.79 Å². The standard InChI is InChI=1S/C16H16N2O3S/c17-22(20,21)14-8-6-13(7-9-14)18-11-10-15(16(18)19)12-4-2-1-3-5-12/h1-9,15H,10-11H2,(H2,17,20,21). The van der Waals surface area contributed by atoms with Crippen LogP contribution in [-0.4, -0.2) is 20.9 Å². The van der Waals surface area contributed by atoms with Gasteiger partial charge in [-0.15, -0.1) is 0 Å². The van der Waals surface area contributed by atoms with E-state index in [2.05, 4.69) is 0 Å². The first-order valence-corrected chi connectivity index (χ1v) is 8.50. The van der Waals surface area contributed by atoms with Crippen molar-refractivity contribution in [3.05, 3.63) is 60.2 Å². The van der Waals surface area contributed by atoms with Crippen LogP contribution in [0.5, 0.6) is 0 Å². The number of benzene rings is 2. The number of rotatable bonds is 3. The van der Waals surface area contributed by atoms with Crippen LogP contribution in [0.4, 0.5) is 5.69 Å². The van der Waals surface area contributed by atoms with Crippen molar-refractivity contribution in [2.45, 2.75) is 17.2 Å². The summed E-state index contributed by atoms with van der Waals surface area (Å²) in [6.45, 7) is 0.618. The maximum absolute atomic E-state index is 12.6. The van der Waals surface area contributed by atoms with Crippen molar-refractivity contribution in [1.82, 2.24) is 0 Å². The molecule has 1 saturated heterocycles. The lowest BCUT2D eigenvalue weighted by Crippen LogP contribution is -2.26. The highest BCUT2D eigenvalue weighted by Crippen LogP contribution is 2.32. The Morgan fingerprint density at radius 1 is 1.00 bits per heavy atom. The van der Waals surface area contributed by atoms with E-state index in [1.54, 1.807) is 17.0 Å². The molecule has 1 amide bonds. The van der Waals surface area contributed by atoms with Gasteiger partial charge in [-0.05, 0) is 36.2 Å². The van der Waals surface area contributed by atoms with Crippen molar-refractivity contribution < 1.29 is 13.2 Å². The molecule has 1 aliphatic heterocycles. The number of carbonyl (C=O) groups excluding carboxylic acids is 1. The van der Waals surface area contributed by atoms with Crippen molar-refractivity contribution in [2.24, 2.45) is 5.14 Å². The topological polar surface area (TPSA) is 80.5 Å². The van der Waals surface area contributed by atoms with Crippen LogP contribution >= 0.6 is 0 Å². The van der Waals surface area contributed by atoms with Gasteiger partial charge in [0.05, 0.1) is 10.8 Å². The molecule has 1 aliphatic rings. The lowest BCUT2D eigenvalue weighted by Gasteiger charge is -2.17. The number of carbonyl (C=O) groups is 1. The fourth-order valence-electron chi connectivity index (χ4n) is 2.75.